The van der Waals surface area contributed by atoms with Gasteiger partial charge in [0.05, 0.1) is 6.54 Å². The van der Waals surface area contributed by atoms with Gasteiger partial charge >= 0.3 is 0 Å². The molecule has 0 spiro atoms. The van der Waals surface area contributed by atoms with Gasteiger partial charge in [0.15, 0.2) is 5.11 Å². The van der Waals surface area contributed by atoms with Gasteiger partial charge in [-0.15, -0.1) is 0 Å². The summed E-state index contributed by atoms with van der Waals surface area (Å²) in [4.78, 5) is 17.5. The van der Waals surface area contributed by atoms with Crippen molar-refractivity contribution in [3.8, 4) is 0 Å². The van der Waals surface area contributed by atoms with Crippen LogP contribution in [0.1, 0.15) is 5.56 Å². The number of hydrogen-bond donors (Lipinski definition) is 1. The number of nitrogens with zero attached hydrogens (tertiary/aromatic N) is 3. The maximum atomic E-state index is 13.6. The van der Waals surface area contributed by atoms with Crippen molar-refractivity contribution in [1.29, 1.82) is 0 Å². The van der Waals surface area contributed by atoms with E-state index in [4.69, 9.17) is 12.2 Å². The van der Waals surface area contributed by atoms with Crippen LogP contribution in [0.3, 0.4) is 0 Å². The third kappa shape index (κ3) is 4.87. The first-order valence-corrected chi connectivity index (χ1v) is 8.02. The number of carbonyl (C=O) groups excluding carboxylic acids is 1. The average molecular weight is 338 g/mol. The normalized spacial score (nSPS) is 15.4. The van der Waals surface area contributed by atoms with Gasteiger partial charge in [-0.2, -0.15) is 0 Å². The number of hydrogen-bond acceptors (Lipinski definition) is 3. The molecule has 5 nitrogen and oxygen atoms in total. The Balaban J connectivity index is 1.83. The fourth-order valence-corrected chi connectivity index (χ4v) is 2.62. The van der Waals surface area contributed by atoms with Crippen molar-refractivity contribution in [2.45, 2.75) is 6.92 Å². The van der Waals surface area contributed by atoms with E-state index in [0.29, 0.717) is 22.9 Å². The molecule has 1 fully saturated rings. The van der Waals surface area contributed by atoms with E-state index in [1.54, 1.807) is 32.0 Å². The van der Waals surface area contributed by atoms with Crippen LogP contribution >= 0.6 is 12.2 Å². The lowest BCUT2D eigenvalue weighted by atomic mass is 10.2. The number of anilines is 1. The number of thiocarbonyl (C=S) groups is 1. The zero-order chi connectivity index (χ0) is 17.0. The molecule has 0 aromatic heterocycles. The molecule has 0 atom stereocenters. The fourth-order valence-electron chi connectivity index (χ4n) is 2.31. The van der Waals surface area contributed by atoms with Crippen molar-refractivity contribution in [3.63, 3.8) is 0 Å². The second kappa shape index (κ2) is 7.70. The first-order valence-electron chi connectivity index (χ1n) is 7.61. The first-order chi connectivity index (χ1) is 10.9. The van der Waals surface area contributed by atoms with Gasteiger partial charge in [0.1, 0.15) is 5.82 Å². The third-order valence-corrected chi connectivity index (χ3v) is 4.30. The molecule has 0 saturated carbocycles. The van der Waals surface area contributed by atoms with Crippen LogP contribution in [0.4, 0.5) is 10.1 Å². The Morgan fingerprint density at radius 2 is 1.96 bits per heavy atom. The molecule has 126 valence electrons. The summed E-state index contributed by atoms with van der Waals surface area (Å²) in [5.41, 5.74) is 1.27. The fraction of sp³-hybridized carbons (Fsp3) is 0.500. The molecule has 1 aliphatic heterocycles. The van der Waals surface area contributed by atoms with Crippen molar-refractivity contribution in [3.05, 3.63) is 29.6 Å². The molecule has 1 amide bonds. The quantitative estimate of drug-likeness (QED) is 0.847. The van der Waals surface area contributed by atoms with Crippen LogP contribution < -0.4 is 5.32 Å². The van der Waals surface area contributed by atoms with Crippen LogP contribution in [0, 0.1) is 12.7 Å². The number of aryl methyl sites for hydroxylation is 1. The van der Waals surface area contributed by atoms with E-state index < -0.39 is 0 Å². The Kier molecular flexibility index (Phi) is 5.90. The van der Waals surface area contributed by atoms with E-state index in [1.807, 2.05) is 11.0 Å². The summed E-state index contributed by atoms with van der Waals surface area (Å²) in [7, 11) is 3.52. The summed E-state index contributed by atoms with van der Waals surface area (Å²) in [6, 6.07) is 5.00. The number of piperazine rings is 1. The zero-order valence-corrected chi connectivity index (χ0v) is 14.6. The number of carbonyl (C=O) groups is 1. The zero-order valence-electron chi connectivity index (χ0n) is 13.8. The highest BCUT2D eigenvalue weighted by Gasteiger charge is 2.21. The molecule has 0 bridgehead atoms. The molecule has 1 heterocycles. The van der Waals surface area contributed by atoms with Crippen LogP contribution in [-0.4, -0.2) is 72.5 Å². The molecule has 1 aliphatic rings. The van der Waals surface area contributed by atoms with Crippen LogP contribution in [-0.2, 0) is 4.79 Å². The van der Waals surface area contributed by atoms with Crippen LogP contribution in [0.5, 0.6) is 0 Å². The molecule has 7 heteroatoms. The topological polar surface area (TPSA) is 38.8 Å². The van der Waals surface area contributed by atoms with Crippen molar-refractivity contribution < 1.29 is 9.18 Å². The number of rotatable bonds is 3. The number of nitrogens with one attached hydrogen (secondary N) is 1. The Bertz CT molecular complexity index is 585. The van der Waals surface area contributed by atoms with E-state index in [1.165, 1.54) is 6.07 Å². The Labute approximate surface area is 142 Å². The van der Waals surface area contributed by atoms with Crippen LogP contribution in [0.2, 0.25) is 0 Å². The monoisotopic (exact) mass is 338 g/mol. The molecule has 0 aliphatic carbocycles. The van der Waals surface area contributed by atoms with Crippen molar-refractivity contribution in [2.75, 3.05) is 52.1 Å². The van der Waals surface area contributed by atoms with Gasteiger partial charge in [-0.05, 0) is 36.8 Å². The largest absolute Gasteiger partial charge is 0.348 e. The molecule has 1 saturated heterocycles. The predicted molar refractivity (Wildman–Crippen MR) is 94.1 cm³/mol. The maximum absolute atomic E-state index is 13.6. The minimum absolute atomic E-state index is 0.106. The summed E-state index contributed by atoms with van der Waals surface area (Å²) >= 11 is 5.40. The highest BCUT2D eigenvalue weighted by molar-refractivity contribution is 7.80. The van der Waals surface area contributed by atoms with E-state index in [9.17, 15) is 9.18 Å². The highest BCUT2D eigenvalue weighted by atomic mass is 32.1. The minimum Gasteiger partial charge on any atom is -0.348 e. The van der Waals surface area contributed by atoms with E-state index in [2.05, 4.69) is 10.2 Å². The minimum atomic E-state index is -0.246. The van der Waals surface area contributed by atoms with E-state index >= 15 is 0 Å². The lowest BCUT2D eigenvalue weighted by Gasteiger charge is -2.36. The second-order valence-corrected chi connectivity index (χ2v) is 6.33. The molecule has 1 aromatic rings. The summed E-state index contributed by atoms with van der Waals surface area (Å²) in [6.07, 6.45) is 0. The predicted octanol–water partition coefficient (Wildman–Crippen LogP) is 1.54. The van der Waals surface area contributed by atoms with Gasteiger partial charge in [0, 0.05) is 46.0 Å². The molecule has 2 rings (SSSR count). The van der Waals surface area contributed by atoms with E-state index in [0.717, 1.165) is 26.2 Å². The lowest BCUT2D eigenvalue weighted by molar-refractivity contribution is -0.130. The van der Waals surface area contributed by atoms with Gasteiger partial charge in [-0.3, -0.25) is 9.69 Å². The average Bonchev–Trinajstić information content (AvgIpc) is 2.51. The standard InChI is InChI=1S/C16H23FN4OS/c1-12-4-5-13(10-14(12)17)18-16(23)21-8-6-20(7-9-21)11-15(22)19(2)3/h4-5,10H,6-9,11H2,1-3H3,(H,18,23). The Hall–Kier alpha value is -1.73. The smallest absolute Gasteiger partial charge is 0.236 e. The van der Waals surface area contributed by atoms with Gasteiger partial charge in [0.2, 0.25) is 5.91 Å². The lowest BCUT2D eigenvalue weighted by Crippen LogP contribution is -2.51. The SMILES string of the molecule is Cc1ccc(NC(=S)N2CCN(CC(=O)N(C)C)CC2)cc1F. The number of likely N-dealkylation sites (N-methyl/N-ethyl adjacent to an activating group) is 1. The highest BCUT2D eigenvalue weighted by Crippen LogP contribution is 2.14. The Morgan fingerprint density at radius 3 is 2.52 bits per heavy atom. The summed E-state index contributed by atoms with van der Waals surface area (Å²) in [5, 5.41) is 3.67. The number of halogens is 1. The van der Waals surface area contributed by atoms with Gasteiger partial charge < -0.3 is 15.1 Å². The summed E-state index contributed by atoms with van der Waals surface area (Å²) in [6.45, 7) is 5.23. The van der Waals surface area contributed by atoms with E-state index in [-0.39, 0.29) is 11.7 Å². The first kappa shape index (κ1) is 17.6. The maximum Gasteiger partial charge on any atom is 0.236 e. The molecule has 0 radical (unpaired) electrons. The van der Waals surface area contributed by atoms with Crippen molar-refractivity contribution >= 4 is 28.9 Å². The Morgan fingerprint density at radius 1 is 1.30 bits per heavy atom. The molecule has 23 heavy (non-hydrogen) atoms. The van der Waals surface area contributed by atoms with Gasteiger partial charge in [-0.25, -0.2) is 4.39 Å². The van der Waals surface area contributed by atoms with Crippen LogP contribution in [0.15, 0.2) is 18.2 Å². The molecular formula is C16H23FN4OS. The molecule has 0 unspecified atom stereocenters. The number of benzene rings is 1. The van der Waals surface area contributed by atoms with Crippen LogP contribution in [0.25, 0.3) is 0 Å². The molecule has 1 aromatic carbocycles. The summed E-state index contributed by atoms with van der Waals surface area (Å²) < 4.78 is 13.6. The van der Waals surface area contributed by atoms with Crippen molar-refractivity contribution in [2.24, 2.45) is 0 Å². The number of amides is 1. The van der Waals surface area contributed by atoms with Crippen molar-refractivity contribution in [1.82, 2.24) is 14.7 Å². The third-order valence-electron chi connectivity index (χ3n) is 3.94. The second-order valence-electron chi connectivity index (χ2n) is 5.95. The van der Waals surface area contributed by atoms with Gasteiger partial charge in [0.25, 0.3) is 0 Å². The van der Waals surface area contributed by atoms with Gasteiger partial charge in [-0.1, -0.05) is 6.07 Å². The molecular weight excluding hydrogens is 315 g/mol. The summed E-state index contributed by atoms with van der Waals surface area (Å²) in [5.74, 6) is -0.140. The molecule has 1 N–H and O–H groups in total.